The molecule has 160 valence electrons. The van der Waals surface area contributed by atoms with Crippen LogP contribution in [0, 0.1) is 6.92 Å². The lowest BCUT2D eigenvalue weighted by Crippen LogP contribution is -2.51. The Hall–Kier alpha value is -3.22. The molecule has 2 amide bonds. The molecule has 2 aromatic carbocycles. The molecule has 0 atom stereocenters. The lowest BCUT2D eigenvalue weighted by atomic mass is 10.2. The lowest BCUT2D eigenvalue weighted by molar-refractivity contribution is -0.140. The van der Waals surface area contributed by atoms with Crippen LogP contribution in [0.4, 0.5) is 0 Å². The Kier molecular flexibility index (Phi) is 7.54. The summed E-state index contributed by atoms with van der Waals surface area (Å²) in [5.74, 6) is 1.21. The molecule has 0 unspecified atom stereocenters. The second-order valence-corrected chi connectivity index (χ2v) is 7.24. The Morgan fingerprint density at radius 1 is 0.833 bits per heavy atom. The van der Waals surface area contributed by atoms with Gasteiger partial charge in [0.05, 0.1) is 26.1 Å². The number of phenols is 1. The second kappa shape index (κ2) is 10.5. The smallest absolute Gasteiger partial charge is 0.226 e. The average molecular weight is 412 g/mol. The summed E-state index contributed by atoms with van der Waals surface area (Å²) < 4.78 is 11.1. The maximum Gasteiger partial charge on any atom is 0.226 e. The number of hydrogen-bond acceptors (Lipinski definition) is 5. The van der Waals surface area contributed by atoms with E-state index in [4.69, 9.17) is 9.47 Å². The zero-order valence-electron chi connectivity index (χ0n) is 17.3. The van der Waals surface area contributed by atoms with Gasteiger partial charge in [0.1, 0.15) is 5.75 Å². The number of phenolic OH excluding ortho intramolecular Hbond substituents is 1. The normalized spacial score (nSPS) is 13.8. The van der Waals surface area contributed by atoms with Gasteiger partial charge in [-0.1, -0.05) is 29.8 Å². The molecule has 3 rings (SSSR count). The standard InChI is InChI=1S/C23H28N2O5/c1-18-6-8-19(9-7-18)29-16-10-22(27)24-12-14-25(15-13-24)23(28)11-17-30-21-5-3-2-4-20(21)26/h2-9,26H,10-17H2,1H3. The van der Waals surface area contributed by atoms with Crippen LogP contribution in [0.25, 0.3) is 0 Å². The number of para-hydroxylation sites is 2. The first-order valence-electron chi connectivity index (χ1n) is 10.2. The molecule has 1 heterocycles. The number of hydrogen-bond donors (Lipinski definition) is 1. The molecule has 1 saturated heterocycles. The van der Waals surface area contributed by atoms with Crippen LogP contribution in [0.5, 0.6) is 17.2 Å². The van der Waals surface area contributed by atoms with Crippen molar-refractivity contribution in [2.75, 3.05) is 39.4 Å². The van der Waals surface area contributed by atoms with Crippen LogP contribution in [0.3, 0.4) is 0 Å². The van der Waals surface area contributed by atoms with Crippen molar-refractivity contribution in [1.29, 1.82) is 0 Å². The van der Waals surface area contributed by atoms with Crippen molar-refractivity contribution in [2.24, 2.45) is 0 Å². The van der Waals surface area contributed by atoms with Gasteiger partial charge in [-0.15, -0.1) is 0 Å². The molecule has 0 bridgehead atoms. The number of benzene rings is 2. The van der Waals surface area contributed by atoms with Gasteiger partial charge in [0, 0.05) is 26.2 Å². The van der Waals surface area contributed by atoms with Gasteiger partial charge in [0.15, 0.2) is 11.5 Å². The lowest BCUT2D eigenvalue weighted by Gasteiger charge is -2.35. The summed E-state index contributed by atoms with van der Waals surface area (Å²) in [6.45, 7) is 4.63. The fraction of sp³-hybridized carbons (Fsp3) is 0.391. The summed E-state index contributed by atoms with van der Waals surface area (Å²) in [7, 11) is 0. The predicted molar refractivity (Wildman–Crippen MR) is 113 cm³/mol. The van der Waals surface area contributed by atoms with Crippen LogP contribution in [0.1, 0.15) is 18.4 Å². The number of amides is 2. The SMILES string of the molecule is Cc1ccc(OCCC(=O)N2CCN(C(=O)CCOc3ccccc3O)CC2)cc1. The van der Waals surface area contributed by atoms with Gasteiger partial charge >= 0.3 is 0 Å². The fourth-order valence-electron chi connectivity index (χ4n) is 3.24. The van der Waals surface area contributed by atoms with E-state index in [-0.39, 0.29) is 30.6 Å². The first-order chi connectivity index (χ1) is 14.5. The molecule has 2 aromatic rings. The topological polar surface area (TPSA) is 79.3 Å². The third kappa shape index (κ3) is 6.14. The van der Waals surface area contributed by atoms with E-state index < -0.39 is 0 Å². The Labute approximate surface area is 176 Å². The summed E-state index contributed by atoms with van der Waals surface area (Å²) in [5.41, 5.74) is 1.16. The molecule has 0 radical (unpaired) electrons. The molecular formula is C23H28N2O5. The predicted octanol–water partition coefficient (Wildman–Crippen LogP) is 2.61. The average Bonchev–Trinajstić information content (AvgIpc) is 2.76. The molecule has 0 aliphatic carbocycles. The summed E-state index contributed by atoms with van der Waals surface area (Å²) in [6, 6.07) is 14.4. The molecular weight excluding hydrogens is 384 g/mol. The second-order valence-electron chi connectivity index (χ2n) is 7.24. The first kappa shape index (κ1) is 21.5. The molecule has 1 fully saturated rings. The molecule has 7 heteroatoms. The van der Waals surface area contributed by atoms with E-state index in [1.807, 2.05) is 31.2 Å². The molecule has 1 aliphatic rings. The third-order valence-electron chi connectivity index (χ3n) is 5.03. The number of carbonyl (C=O) groups is 2. The minimum absolute atomic E-state index is 0.0137. The van der Waals surface area contributed by atoms with Crippen LogP contribution in [-0.4, -0.2) is 66.1 Å². The number of piperazine rings is 1. The summed E-state index contributed by atoms with van der Waals surface area (Å²) in [4.78, 5) is 28.3. The molecule has 30 heavy (non-hydrogen) atoms. The van der Waals surface area contributed by atoms with Crippen molar-refractivity contribution >= 4 is 11.8 Å². The van der Waals surface area contributed by atoms with Crippen LogP contribution < -0.4 is 9.47 Å². The van der Waals surface area contributed by atoms with Crippen LogP contribution in [0.15, 0.2) is 48.5 Å². The van der Waals surface area contributed by atoms with Gasteiger partial charge in [-0.25, -0.2) is 0 Å². The van der Waals surface area contributed by atoms with E-state index >= 15 is 0 Å². The van der Waals surface area contributed by atoms with E-state index in [1.54, 1.807) is 34.1 Å². The molecule has 1 N–H and O–H groups in total. The van der Waals surface area contributed by atoms with Crippen molar-refractivity contribution in [3.05, 3.63) is 54.1 Å². The largest absolute Gasteiger partial charge is 0.504 e. The van der Waals surface area contributed by atoms with E-state index in [2.05, 4.69) is 0 Å². The van der Waals surface area contributed by atoms with Gasteiger partial charge < -0.3 is 24.4 Å². The molecule has 0 saturated carbocycles. The zero-order valence-corrected chi connectivity index (χ0v) is 17.3. The van der Waals surface area contributed by atoms with E-state index in [9.17, 15) is 14.7 Å². The minimum Gasteiger partial charge on any atom is -0.504 e. The highest BCUT2D eigenvalue weighted by Gasteiger charge is 2.23. The van der Waals surface area contributed by atoms with Gasteiger partial charge in [-0.05, 0) is 31.2 Å². The Morgan fingerprint density at radius 3 is 1.93 bits per heavy atom. The Balaban J connectivity index is 1.33. The summed E-state index contributed by atoms with van der Waals surface area (Å²) >= 11 is 0. The maximum atomic E-state index is 12.4. The molecule has 0 spiro atoms. The van der Waals surface area contributed by atoms with Crippen LogP contribution >= 0.6 is 0 Å². The number of aromatic hydroxyl groups is 1. The summed E-state index contributed by atoms with van der Waals surface area (Å²) in [6.07, 6.45) is 0.545. The molecule has 1 aliphatic heterocycles. The highest BCUT2D eigenvalue weighted by Crippen LogP contribution is 2.24. The van der Waals surface area contributed by atoms with Gasteiger partial charge in [0.25, 0.3) is 0 Å². The highest BCUT2D eigenvalue weighted by molar-refractivity contribution is 5.78. The van der Waals surface area contributed by atoms with Crippen LogP contribution in [-0.2, 0) is 9.59 Å². The minimum atomic E-state index is -0.0137. The Morgan fingerprint density at radius 2 is 1.37 bits per heavy atom. The van der Waals surface area contributed by atoms with E-state index in [0.717, 1.165) is 11.3 Å². The maximum absolute atomic E-state index is 12.4. The molecule has 0 aromatic heterocycles. The van der Waals surface area contributed by atoms with Gasteiger partial charge in [0.2, 0.25) is 11.8 Å². The van der Waals surface area contributed by atoms with Crippen LogP contribution in [0.2, 0.25) is 0 Å². The van der Waals surface area contributed by atoms with Crippen molar-refractivity contribution in [3.8, 4) is 17.2 Å². The highest BCUT2D eigenvalue weighted by atomic mass is 16.5. The Bertz CT molecular complexity index is 845. The van der Waals surface area contributed by atoms with E-state index in [1.165, 1.54) is 0 Å². The number of ether oxygens (including phenoxy) is 2. The number of carbonyl (C=O) groups excluding carboxylic acids is 2. The van der Waals surface area contributed by atoms with Crippen molar-refractivity contribution in [3.63, 3.8) is 0 Å². The van der Waals surface area contributed by atoms with E-state index in [0.29, 0.717) is 45.0 Å². The number of aryl methyl sites for hydroxylation is 1. The van der Waals surface area contributed by atoms with Crippen molar-refractivity contribution in [2.45, 2.75) is 19.8 Å². The number of nitrogens with zero attached hydrogens (tertiary/aromatic N) is 2. The fourth-order valence-corrected chi connectivity index (χ4v) is 3.24. The van der Waals surface area contributed by atoms with Gasteiger partial charge in [-0.2, -0.15) is 0 Å². The van der Waals surface area contributed by atoms with Crippen molar-refractivity contribution in [1.82, 2.24) is 9.80 Å². The zero-order chi connectivity index (χ0) is 21.3. The van der Waals surface area contributed by atoms with Gasteiger partial charge in [-0.3, -0.25) is 9.59 Å². The molecule has 7 nitrogen and oxygen atoms in total. The third-order valence-corrected chi connectivity index (χ3v) is 5.03. The summed E-state index contributed by atoms with van der Waals surface area (Å²) in [5, 5.41) is 9.68. The quantitative estimate of drug-likeness (QED) is 0.721. The first-order valence-corrected chi connectivity index (χ1v) is 10.2. The monoisotopic (exact) mass is 412 g/mol. The number of rotatable bonds is 8. The van der Waals surface area contributed by atoms with Crippen molar-refractivity contribution < 1.29 is 24.2 Å².